The molecule has 0 saturated carbocycles. The van der Waals surface area contributed by atoms with E-state index < -0.39 is 18.3 Å². The predicted molar refractivity (Wildman–Crippen MR) is 126 cm³/mol. The van der Waals surface area contributed by atoms with E-state index in [0.717, 1.165) is 38.7 Å². The monoisotopic (exact) mass is 462 g/mol. The number of amides is 1. The average Bonchev–Trinajstić information content (AvgIpc) is 2.76. The summed E-state index contributed by atoms with van der Waals surface area (Å²) in [6, 6.07) is 21.1. The first kappa shape index (κ1) is 25.4. The van der Waals surface area contributed by atoms with Gasteiger partial charge in [-0.15, -0.1) is 0 Å². The molecule has 0 unspecified atom stereocenters. The van der Waals surface area contributed by atoms with Crippen molar-refractivity contribution < 1.29 is 49.4 Å². The van der Waals surface area contributed by atoms with Crippen LogP contribution in [0.5, 0.6) is 5.75 Å². The van der Waals surface area contributed by atoms with Crippen molar-refractivity contribution >= 4 is 28.3 Å². The number of carboxylic acid groups (broad SMARTS) is 1. The fourth-order valence-corrected chi connectivity index (χ4v) is 4.00. The van der Waals surface area contributed by atoms with E-state index in [9.17, 15) is 19.8 Å². The number of pyridine rings is 1. The van der Waals surface area contributed by atoms with Crippen molar-refractivity contribution in [2.75, 3.05) is 5.32 Å². The molecule has 3 aromatic carbocycles. The average molecular weight is 462 g/mol. The number of carbonyl (C=O) groups is 2. The van der Waals surface area contributed by atoms with E-state index in [1.807, 2.05) is 56.3 Å². The Labute approximate surface area is 220 Å². The van der Waals surface area contributed by atoms with Crippen LogP contribution in [0.25, 0.3) is 22.0 Å². The maximum absolute atomic E-state index is 11.7. The Kier molecular flexibility index (Phi) is 8.10. The second kappa shape index (κ2) is 10.8. The summed E-state index contributed by atoms with van der Waals surface area (Å²) in [6.45, 7) is 3.86. The number of aromatic nitrogens is 1. The Balaban J connectivity index is 0.00000324. The van der Waals surface area contributed by atoms with Crippen molar-refractivity contribution in [3.8, 4) is 17.0 Å². The van der Waals surface area contributed by atoms with Gasteiger partial charge in [0.25, 0.3) is 0 Å². The molecule has 166 valence electrons. The van der Waals surface area contributed by atoms with Gasteiger partial charge in [-0.1, -0.05) is 36.4 Å². The zero-order valence-electron chi connectivity index (χ0n) is 19.4. The van der Waals surface area contributed by atoms with Crippen LogP contribution in [-0.2, 0) is 16.0 Å². The summed E-state index contributed by atoms with van der Waals surface area (Å²) in [4.78, 5) is 27.1. The molecule has 6 nitrogen and oxygen atoms in total. The number of nitrogens with one attached hydrogen (secondary N) is 1. The number of benzene rings is 3. The molecule has 1 heterocycles. The molecular formula is C27H23N2NaO4. The van der Waals surface area contributed by atoms with Gasteiger partial charge in [0, 0.05) is 23.4 Å². The molecule has 0 aliphatic carbocycles. The van der Waals surface area contributed by atoms with Crippen LogP contribution in [0, 0.1) is 13.8 Å². The van der Waals surface area contributed by atoms with Crippen molar-refractivity contribution in [1.29, 1.82) is 0 Å². The number of carbonyl (C=O) groups excluding carboxylic acids is 2. The Morgan fingerprint density at radius 1 is 0.941 bits per heavy atom. The Morgan fingerprint density at radius 3 is 2.29 bits per heavy atom. The largest absolute Gasteiger partial charge is 1.00 e. The molecule has 1 amide bonds. The SMILES string of the molecule is Cc1cc(NC(=O)CC(=O)[O-])cc(C)c1Cc1ccc(O)c(-c2ccc3ccccc3c2)n1.[Na+]. The van der Waals surface area contributed by atoms with Crippen molar-refractivity contribution in [2.45, 2.75) is 26.7 Å². The van der Waals surface area contributed by atoms with Crippen LogP contribution in [-0.4, -0.2) is 22.0 Å². The van der Waals surface area contributed by atoms with Crippen LogP contribution in [0.1, 0.15) is 28.8 Å². The summed E-state index contributed by atoms with van der Waals surface area (Å²) < 4.78 is 0. The number of hydrogen-bond donors (Lipinski definition) is 2. The minimum atomic E-state index is -1.42. The van der Waals surface area contributed by atoms with Gasteiger partial charge in [-0.2, -0.15) is 0 Å². The molecule has 4 aromatic rings. The second-order valence-electron chi connectivity index (χ2n) is 8.09. The first-order chi connectivity index (χ1) is 15.8. The van der Waals surface area contributed by atoms with E-state index >= 15 is 0 Å². The molecule has 1 aromatic heterocycles. The third-order valence-electron chi connectivity index (χ3n) is 5.60. The molecule has 0 spiro atoms. The van der Waals surface area contributed by atoms with Crippen LogP contribution in [0.15, 0.2) is 66.7 Å². The van der Waals surface area contributed by atoms with E-state index in [-0.39, 0.29) is 35.3 Å². The number of aliphatic carboxylic acids is 1. The maximum atomic E-state index is 11.7. The predicted octanol–water partition coefficient (Wildman–Crippen LogP) is 0.898. The third kappa shape index (κ3) is 5.83. The van der Waals surface area contributed by atoms with Gasteiger partial charge in [-0.3, -0.25) is 4.79 Å². The summed E-state index contributed by atoms with van der Waals surface area (Å²) in [5.74, 6) is -1.92. The van der Waals surface area contributed by atoms with Gasteiger partial charge in [-0.25, -0.2) is 4.98 Å². The molecule has 0 bridgehead atoms. The Morgan fingerprint density at radius 2 is 1.62 bits per heavy atom. The zero-order chi connectivity index (χ0) is 23.5. The number of aromatic hydroxyl groups is 1. The van der Waals surface area contributed by atoms with Crippen LogP contribution >= 0.6 is 0 Å². The first-order valence-electron chi connectivity index (χ1n) is 10.6. The van der Waals surface area contributed by atoms with Crippen molar-refractivity contribution in [2.24, 2.45) is 0 Å². The number of anilines is 1. The quantitative estimate of drug-likeness (QED) is 0.328. The fourth-order valence-electron chi connectivity index (χ4n) is 4.00. The fraction of sp³-hybridized carbons (Fsp3) is 0.148. The molecule has 4 rings (SSSR count). The number of rotatable bonds is 6. The van der Waals surface area contributed by atoms with E-state index in [0.29, 0.717) is 17.8 Å². The molecule has 0 fully saturated rings. The number of hydrogen-bond acceptors (Lipinski definition) is 5. The minimum absolute atomic E-state index is 0. The molecule has 0 aliphatic rings. The molecule has 34 heavy (non-hydrogen) atoms. The van der Waals surface area contributed by atoms with Gasteiger partial charge in [0.15, 0.2) is 0 Å². The molecule has 0 atom stereocenters. The second-order valence-corrected chi connectivity index (χ2v) is 8.09. The van der Waals surface area contributed by atoms with E-state index in [1.54, 1.807) is 24.3 Å². The van der Waals surface area contributed by atoms with Crippen LogP contribution in [0.4, 0.5) is 5.69 Å². The zero-order valence-corrected chi connectivity index (χ0v) is 21.4. The van der Waals surface area contributed by atoms with Crippen molar-refractivity contribution in [1.82, 2.24) is 4.98 Å². The smallest absolute Gasteiger partial charge is 0.550 e. The van der Waals surface area contributed by atoms with Gasteiger partial charge < -0.3 is 20.3 Å². The number of carboxylic acids is 1. The molecule has 2 N–H and O–H groups in total. The van der Waals surface area contributed by atoms with E-state index in [2.05, 4.69) is 5.32 Å². The number of aryl methyl sites for hydroxylation is 2. The van der Waals surface area contributed by atoms with Gasteiger partial charge >= 0.3 is 29.6 Å². The van der Waals surface area contributed by atoms with Crippen LogP contribution < -0.4 is 40.0 Å². The first-order valence-corrected chi connectivity index (χ1v) is 10.6. The topological polar surface area (TPSA) is 102 Å². The number of nitrogens with zero attached hydrogens (tertiary/aromatic N) is 1. The van der Waals surface area contributed by atoms with Gasteiger partial charge in [0.05, 0.1) is 12.4 Å². The van der Waals surface area contributed by atoms with Gasteiger partial charge in [0.1, 0.15) is 11.4 Å². The molecular weight excluding hydrogens is 439 g/mol. The standard InChI is InChI=1S/C27H24N2O4.Na/c1-16-11-22(28-25(31)15-26(32)33)12-17(2)23(16)14-21-9-10-24(30)27(29-21)20-8-7-18-5-3-4-6-19(18)13-20;/h3-13,30H,14-15H2,1-2H3,(H,28,31)(H,32,33);/q;+1/p-1. The summed E-state index contributed by atoms with van der Waals surface area (Å²) in [5.41, 5.74) is 5.65. The van der Waals surface area contributed by atoms with Crippen LogP contribution in [0.2, 0.25) is 0 Å². The Hall–Kier alpha value is -3.19. The molecule has 0 aliphatic heterocycles. The molecule has 0 saturated heterocycles. The normalized spacial score (nSPS) is 10.5. The number of fused-ring (bicyclic) bond motifs is 1. The summed E-state index contributed by atoms with van der Waals surface area (Å²) >= 11 is 0. The van der Waals surface area contributed by atoms with Crippen LogP contribution in [0.3, 0.4) is 0 Å². The van der Waals surface area contributed by atoms with Crippen molar-refractivity contribution in [3.05, 3.63) is 89.1 Å². The van der Waals surface area contributed by atoms with Gasteiger partial charge in [0.2, 0.25) is 5.91 Å². The molecule has 7 heteroatoms. The minimum Gasteiger partial charge on any atom is -0.550 e. The maximum Gasteiger partial charge on any atom is 1.00 e. The van der Waals surface area contributed by atoms with Crippen molar-refractivity contribution in [3.63, 3.8) is 0 Å². The summed E-state index contributed by atoms with van der Waals surface area (Å²) in [7, 11) is 0. The molecule has 0 radical (unpaired) electrons. The van der Waals surface area contributed by atoms with Gasteiger partial charge in [-0.05, 0) is 71.6 Å². The van der Waals surface area contributed by atoms with E-state index in [4.69, 9.17) is 4.98 Å². The summed E-state index contributed by atoms with van der Waals surface area (Å²) in [6.07, 6.45) is -0.138. The summed E-state index contributed by atoms with van der Waals surface area (Å²) in [5, 5.41) is 25.9. The third-order valence-corrected chi connectivity index (χ3v) is 5.60. The van der Waals surface area contributed by atoms with E-state index in [1.165, 1.54) is 0 Å². The Bertz CT molecular complexity index is 1360.